The van der Waals surface area contributed by atoms with E-state index >= 15 is 0 Å². The van der Waals surface area contributed by atoms with Crippen LogP contribution in [0, 0.1) is 0 Å². The van der Waals surface area contributed by atoms with Gasteiger partial charge < -0.3 is 21.3 Å². The molecule has 2 N–H and O–H groups in total. The summed E-state index contributed by atoms with van der Waals surface area (Å²) in [6.45, 7) is 0. The van der Waals surface area contributed by atoms with Gasteiger partial charge in [-0.25, -0.2) is 4.79 Å². The van der Waals surface area contributed by atoms with Gasteiger partial charge in [0.05, 0.1) is 25.5 Å². The number of hydrogen-bond acceptors (Lipinski definition) is 4. The quantitative estimate of drug-likeness (QED) is 0.573. The monoisotopic (exact) mass is 351 g/mol. The van der Waals surface area contributed by atoms with Crippen molar-refractivity contribution in [3.8, 4) is 11.5 Å². The first kappa shape index (κ1) is 20.8. The number of rotatable bonds is 6. The van der Waals surface area contributed by atoms with E-state index in [0.717, 1.165) is 5.56 Å². The van der Waals surface area contributed by atoms with Crippen LogP contribution in [0.5, 0.6) is 11.5 Å². The molecule has 6 nitrogen and oxygen atoms in total. The van der Waals surface area contributed by atoms with Gasteiger partial charge in [0.15, 0.2) is 11.5 Å². The summed E-state index contributed by atoms with van der Waals surface area (Å²) < 4.78 is 10.3. The number of carbonyl (C=O) groups is 2. The number of aromatic carboxylic acids is 1. The van der Waals surface area contributed by atoms with Crippen LogP contribution in [0.4, 0.5) is 5.69 Å². The summed E-state index contributed by atoms with van der Waals surface area (Å²) in [6, 6.07) is 11.4. The van der Waals surface area contributed by atoms with Crippen LogP contribution in [0.15, 0.2) is 48.5 Å². The maximum atomic E-state index is 12.0. The smallest absolute Gasteiger partial charge is 1.00 e. The van der Waals surface area contributed by atoms with E-state index in [9.17, 15) is 9.59 Å². The fourth-order valence-corrected chi connectivity index (χ4v) is 2.08. The molecule has 0 unspecified atom stereocenters. The van der Waals surface area contributed by atoms with E-state index in [4.69, 9.17) is 14.6 Å². The van der Waals surface area contributed by atoms with Gasteiger partial charge in [-0.3, -0.25) is 4.79 Å². The van der Waals surface area contributed by atoms with Crippen LogP contribution in [0.3, 0.4) is 0 Å². The minimum atomic E-state index is -1.10. The number of anilines is 1. The van der Waals surface area contributed by atoms with Gasteiger partial charge in [0.25, 0.3) is 0 Å². The van der Waals surface area contributed by atoms with E-state index in [2.05, 4.69) is 5.32 Å². The van der Waals surface area contributed by atoms with Crippen molar-refractivity contribution in [2.24, 2.45) is 0 Å². The summed E-state index contributed by atoms with van der Waals surface area (Å²) in [7, 11) is 3.07. The molecule has 0 heterocycles. The Morgan fingerprint density at radius 3 is 2.40 bits per heavy atom. The molecule has 7 heteroatoms. The molecule has 0 atom stereocenters. The third-order valence-corrected chi connectivity index (χ3v) is 3.25. The Bertz CT molecular complexity index is 795. The summed E-state index contributed by atoms with van der Waals surface area (Å²) >= 11 is 0. The van der Waals surface area contributed by atoms with Crippen LogP contribution < -0.4 is 44.3 Å². The topological polar surface area (TPSA) is 84.9 Å². The fourth-order valence-electron chi connectivity index (χ4n) is 2.08. The zero-order valence-electron chi connectivity index (χ0n) is 15.3. The Morgan fingerprint density at radius 1 is 1.08 bits per heavy atom. The Kier molecular flexibility index (Phi) is 8.21. The van der Waals surface area contributed by atoms with Gasteiger partial charge in [0.1, 0.15) is 0 Å². The number of methoxy groups -OCH3 is 2. The average molecular weight is 351 g/mol. The summed E-state index contributed by atoms with van der Waals surface area (Å²) in [6.07, 6.45) is 2.92. The van der Waals surface area contributed by atoms with Crippen molar-refractivity contribution >= 4 is 23.6 Å². The molecule has 0 fully saturated rings. The Balaban J connectivity index is 0.00000312. The molecule has 0 spiro atoms. The standard InChI is InChI=1S/C18H17NO5.Na.H/c1-23-15-9-7-12(11-16(15)24-2)8-10-17(20)19-14-6-4-3-5-13(14)18(21)22;;/h3-11H,1-2H3,(H,19,20)(H,21,22);;/q;+1;-1/b10-8+;;. The van der Waals surface area contributed by atoms with Crippen molar-refractivity contribution in [3.05, 3.63) is 59.7 Å². The van der Waals surface area contributed by atoms with Crippen LogP contribution in [0.25, 0.3) is 6.08 Å². The Labute approximate surface area is 169 Å². The Hall–Kier alpha value is -2.28. The van der Waals surface area contributed by atoms with Crippen molar-refractivity contribution in [2.75, 3.05) is 19.5 Å². The second-order valence-electron chi connectivity index (χ2n) is 4.79. The van der Waals surface area contributed by atoms with Crippen LogP contribution in [0.2, 0.25) is 0 Å². The minimum Gasteiger partial charge on any atom is -1.00 e. The molecule has 0 saturated carbocycles. The summed E-state index contributed by atoms with van der Waals surface area (Å²) in [5.74, 6) is -0.390. The predicted octanol–water partition coefficient (Wildman–Crippen LogP) is 0.170. The summed E-state index contributed by atoms with van der Waals surface area (Å²) in [4.78, 5) is 23.1. The predicted molar refractivity (Wildman–Crippen MR) is 91.7 cm³/mol. The molecule has 0 aliphatic carbocycles. The zero-order chi connectivity index (χ0) is 17.5. The van der Waals surface area contributed by atoms with Crippen molar-refractivity contribution in [2.45, 2.75) is 0 Å². The van der Waals surface area contributed by atoms with E-state index in [1.165, 1.54) is 25.3 Å². The normalized spacial score (nSPS) is 10.0. The number of amides is 1. The van der Waals surface area contributed by atoms with Crippen LogP contribution >= 0.6 is 0 Å². The molecule has 126 valence electrons. The van der Waals surface area contributed by atoms with E-state index < -0.39 is 11.9 Å². The molecule has 2 rings (SSSR count). The third-order valence-electron chi connectivity index (χ3n) is 3.25. The van der Waals surface area contributed by atoms with Crippen LogP contribution in [-0.2, 0) is 4.79 Å². The van der Waals surface area contributed by atoms with Gasteiger partial charge in [-0.15, -0.1) is 0 Å². The average Bonchev–Trinajstić information content (AvgIpc) is 2.59. The molecule has 0 aliphatic heterocycles. The van der Waals surface area contributed by atoms with Crippen LogP contribution in [-0.4, -0.2) is 31.2 Å². The SMILES string of the molecule is COc1ccc(/C=C/C(=O)Nc2ccccc2C(=O)O)cc1OC.[H-].[Na+]. The first-order chi connectivity index (χ1) is 11.5. The van der Waals surface area contributed by atoms with Gasteiger partial charge in [0, 0.05) is 6.08 Å². The first-order valence-electron chi connectivity index (χ1n) is 7.08. The molecule has 0 aliphatic rings. The number of benzene rings is 2. The van der Waals surface area contributed by atoms with Gasteiger partial charge in [-0.05, 0) is 35.9 Å². The number of carboxylic acids is 1. The molecule has 0 radical (unpaired) electrons. The maximum Gasteiger partial charge on any atom is 1.00 e. The number of hydrogen-bond donors (Lipinski definition) is 2. The summed E-state index contributed by atoms with van der Waals surface area (Å²) in [5, 5.41) is 11.6. The molecule has 2 aromatic rings. The molecular formula is C18H18NNaO5. The number of para-hydroxylation sites is 1. The first-order valence-corrected chi connectivity index (χ1v) is 7.08. The number of carboxylic acid groups (broad SMARTS) is 1. The van der Waals surface area contributed by atoms with E-state index in [1.54, 1.807) is 43.5 Å². The minimum absolute atomic E-state index is 0. The number of nitrogens with one attached hydrogen (secondary N) is 1. The van der Waals surface area contributed by atoms with Crippen molar-refractivity contribution in [3.63, 3.8) is 0 Å². The second-order valence-corrected chi connectivity index (χ2v) is 4.79. The van der Waals surface area contributed by atoms with Crippen molar-refractivity contribution in [1.29, 1.82) is 0 Å². The maximum absolute atomic E-state index is 12.0. The molecule has 0 aromatic heterocycles. The van der Waals surface area contributed by atoms with Gasteiger partial charge >= 0.3 is 35.5 Å². The van der Waals surface area contributed by atoms with E-state index in [-0.39, 0.29) is 42.2 Å². The molecule has 0 bridgehead atoms. The van der Waals surface area contributed by atoms with Crippen molar-refractivity contribution in [1.82, 2.24) is 0 Å². The summed E-state index contributed by atoms with van der Waals surface area (Å²) in [5.41, 5.74) is 1.02. The Morgan fingerprint density at radius 2 is 1.76 bits per heavy atom. The van der Waals surface area contributed by atoms with Crippen molar-refractivity contribution < 1.29 is 55.2 Å². The largest absolute Gasteiger partial charge is 1.00 e. The van der Waals surface area contributed by atoms with Gasteiger partial charge in [-0.1, -0.05) is 18.2 Å². The molecular weight excluding hydrogens is 333 g/mol. The molecule has 1 amide bonds. The molecule has 25 heavy (non-hydrogen) atoms. The zero-order valence-corrected chi connectivity index (χ0v) is 16.3. The van der Waals surface area contributed by atoms with E-state index in [0.29, 0.717) is 11.5 Å². The number of carbonyl (C=O) groups excluding carboxylic acids is 1. The fraction of sp³-hybridized carbons (Fsp3) is 0.111. The van der Waals surface area contributed by atoms with E-state index in [1.807, 2.05) is 0 Å². The van der Waals surface area contributed by atoms with Gasteiger partial charge in [-0.2, -0.15) is 0 Å². The second kappa shape index (κ2) is 9.88. The third kappa shape index (κ3) is 5.63. The number of ether oxygens (including phenoxy) is 2. The van der Waals surface area contributed by atoms with Gasteiger partial charge in [0.2, 0.25) is 5.91 Å². The molecule has 0 saturated heterocycles. The molecule has 2 aromatic carbocycles. The van der Waals surface area contributed by atoms with Crippen LogP contribution in [0.1, 0.15) is 17.3 Å².